The van der Waals surface area contributed by atoms with Gasteiger partial charge in [-0.15, -0.1) is 0 Å². The summed E-state index contributed by atoms with van der Waals surface area (Å²) in [5.74, 6) is 1.83. The van der Waals surface area contributed by atoms with Crippen LogP contribution in [0.2, 0.25) is 0 Å². The molecule has 2 heterocycles. The summed E-state index contributed by atoms with van der Waals surface area (Å²) in [6.45, 7) is 6.64. The van der Waals surface area contributed by atoms with Crippen molar-refractivity contribution in [3.05, 3.63) is 48.4 Å². The maximum atomic E-state index is 5.53. The largest absolute Gasteiger partial charge is 0.495 e. The van der Waals surface area contributed by atoms with Crippen LogP contribution in [0.4, 0.5) is 0 Å². The molecule has 0 spiro atoms. The van der Waals surface area contributed by atoms with Crippen molar-refractivity contribution in [1.82, 2.24) is 14.5 Å². The second-order valence-corrected chi connectivity index (χ2v) is 6.62. The first-order valence-corrected chi connectivity index (χ1v) is 7.45. The van der Waals surface area contributed by atoms with Crippen LogP contribution < -0.4 is 4.74 Å². The molecule has 3 rings (SSSR count). The Labute approximate surface area is 130 Å². The van der Waals surface area contributed by atoms with E-state index in [4.69, 9.17) is 9.72 Å². The van der Waals surface area contributed by atoms with Gasteiger partial charge in [0.15, 0.2) is 5.65 Å². The maximum Gasteiger partial charge on any atom is 0.164 e. The van der Waals surface area contributed by atoms with Crippen molar-refractivity contribution in [2.24, 2.45) is 5.41 Å². The minimum absolute atomic E-state index is 0.140. The lowest BCUT2D eigenvalue weighted by Gasteiger charge is -2.19. The molecule has 0 aliphatic heterocycles. The SMILES string of the molecule is COc1ccccc1-n1c(CC(C)(C)C)nc2cccnc21. The third kappa shape index (κ3) is 2.69. The van der Waals surface area contributed by atoms with Gasteiger partial charge in [0.25, 0.3) is 0 Å². The summed E-state index contributed by atoms with van der Waals surface area (Å²) in [6.07, 6.45) is 2.66. The maximum absolute atomic E-state index is 5.53. The third-order valence-corrected chi connectivity index (χ3v) is 3.50. The van der Waals surface area contributed by atoms with Gasteiger partial charge < -0.3 is 4.74 Å². The summed E-state index contributed by atoms with van der Waals surface area (Å²) in [5, 5.41) is 0. The van der Waals surface area contributed by atoms with Gasteiger partial charge in [-0.05, 0) is 29.7 Å². The molecule has 22 heavy (non-hydrogen) atoms. The Morgan fingerprint density at radius 3 is 2.59 bits per heavy atom. The fourth-order valence-corrected chi connectivity index (χ4v) is 2.62. The monoisotopic (exact) mass is 295 g/mol. The van der Waals surface area contributed by atoms with Gasteiger partial charge in [0.05, 0.1) is 12.8 Å². The minimum atomic E-state index is 0.140. The van der Waals surface area contributed by atoms with E-state index in [-0.39, 0.29) is 5.41 Å². The number of para-hydroxylation sites is 2. The van der Waals surface area contributed by atoms with Crippen molar-refractivity contribution in [3.8, 4) is 11.4 Å². The van der Waals surface area contributed by atoms with Gasteiger partial charge in [0.2, 0.25) is 0 Å². The van der Waals surface area contributed by atoms with E-state index in [1.165, 1.54) is 0 Å². The first-order chi connectivity index (χ1) is 10.5. The molecule has 0 saturated heterocycles. The number of imidazole rings is 1. The Morgan fingerprint density at radius 1 is 1.09 bits per heavy atom. The van der Waals surface area contributed by atoms with Gasteiger partial charge in [-0.25, -0.2) is 9.97 Å². The molecule has 2 aromatic heterocycles. The molecular weight excluding hydrogens is 274 g/mol. The smallest absolute Gasteiger partial charge is 0.164 e. The quantitative estimate of drug-likeness (QED) is 0.732. The van der Waals surface area contributed by atoms with E-state index in [0.717, 1.165) is 34.8 Å². The standard InChI is InChI=1S/C18H21N3O/c1-18(2,3)12-16-20-13-8-7-11-19-17(13)21(16)14-9-5-6-10-15(14)22-4/h5-11H,12H2,1-4H3. The molecule has 0 N–H and O–H groups in total. The summed E-state index contributed by atoms with van der Waals surface area (Å²) in [7, 11) is 1.69. The third-order valence-electron chi connectivity index (χ3n) is 3.50. The molecule has 0 saturated carbocycles. The van der Waals surface area contributed by atoms with Gasteiger partial charge in [-0.1, -0.05) is 32.9 Å². The van der Waals surface area contributed by atoms with Gasteiger partial charge in [-0.3, -0.25) is 4.57 Å². The number of nitrogens with zero attached hydrogens (tertiary/aromatic N) is 3. The molecule has 0 bridgehead atoms. The lowest BCUT2D eigenvalue weighted by Crippen LogP contribution is -2.14. The molecule has 0 radical (unpaired) electrons. The average Bonchev–Trinajstić information content (AvgIpc) is 2.82. The number of fused-ring (bicyclic) bond motifs is 1. The van der Waals surface area contributed by atoms with Crippen LogP contribution in [-0.4, -0.2) is 21.6 Å². The predicted molar refractivity (Wildman–Crippen MR) is 88.6 cm³/mol. The fourth-order valence-electron chi connectivity index (χ4n) is 2.62. The predicted octanol–water partition coefficient (Wildman–Crippen LogP) is 4.02. The molecule has 4 nitrogen and oxygen atoms in total. The molecular formula is C18H21N3O. The van der Waals surface area contributed by atoms with Gasteiger partial charge in [0.1, 0.15) is 17.1 Å². The second kappa shape index (κ2) is 5.44. The van der Waals surface area contributed by atoms with E-state index in [1.807, 2.05) is 36.4 Å². The number of hydrogen-bond acceptors (Lipinski definition) is 3. The Bertz CT molecular complexity index is 799. The number of benzene rings is 1. The summed E-state index contributed by atoms with van der Waals surface area (Å²) in [6, 6.07) is 11.9. The first-order valence-electron chi connectivity index (χ1n) is 7.45. The van der Waals surface area contributed by atoms with Crippen LogP contribution in [0.5, 0.6) is 5.75 Å². The van der Waals surface area contributed by atoms with Crippen LogP contribution in [0.1, 0.15) is 26.6 Å². The molecule has 0 amide bonds. The molecule has 3 aromatic rings. The van der Waals surface area contributed by atoms with E-state index in [2.05, 4.69) is 30.3 Å². The van der Waals surface area contributed by atoms with E-state index < -0.39 is 0 Å². The normalized spacial score (nSPS) is 11.8. The Morgan fingerprint density at radius 2 is 1.86 bits per heavy atom. The number of aromatic nitrogens is 3. The highest BCUT2D eigenvalue weighted by atomic mass is 16.5. The molecule has 0 aliphatic rings. The van der Waals surface area contributed by atoms with Crippen molar-refractivity contribution in [1.29, 1.82) is 0 Å². The van der Waals surface area contributed by atoms with Crippen LogP contribution in [0.15, 0.2) is 42.6 Å². The highest BCUT2D eigenvalue weighted by Crippen LogP contribution is 2.30. The zero-order valence-corrected chi connectivity index (χ0v) is 13.5. The number of rotatable bonds is 3. The van der Waals surface area contributed by atoms with E-state index in [1.54, 1.807) is 13.3 Å². The van der Waals surface area contributed by atoms with Crippen LogP contribution in [-0.2, 0) is 6.42 Å². The minimum Gasteiger partial charge on any atom is -0.495 e. The number of methoxy groups -OCH3 is 1. The summed E-state index contributed by atoms with van der Waals surface area (Å²) < 4.78 is 7.64. The number of pyridine rings is 1. The van der Waals surface area contributed by atoms with Gasteiger partial charge in [-0.2, -0.15) is 0 Å². The number of hydrogen-bond donors (Lipinski definition) is 0. The van der Waals surface area contributed by atoms with Crippen molar-refractivity contribution < 1.29 is 4.74 Å². The Kier molecular flexibility index (Phi) is 3.61. The molecule has 0 aliphatic carbocycles. The molecule has 114 valence electrons. The lowest BCUT2D eigenvalue weighted by molar-refractivity contribution is 0.395. The zero-order valence-electron chi connectivity index (χ0n) is 13.5. The molecule has 1 aromatic carbocycles. The van der Waals surface area contributed by atoms with E-state index >= 15 is 0 Å². The van der Waals surface area contributed by atoms with Crippen LogP contribution in [0.25, 0.3) is 16.9 Å². The summed E-state index contributed by atoms with van der Waals surface area (Å²) in [5.41, 5.74) is 2.89. The van der Waals surface area contributed by atoms with E-state index in [0.29, 0.717) is 0 Å². The Hall–Kier alpha value is -2.36. The second-order valence-electron chi connectivity index (χ2n) is 6.62. The molecule has 0 fully saturated rings. The first kappa shape index (κ1) is 14.6. The van der Waals surface area contributed by atoms with Crippen molar-refractivity contribution >= 4 is 11.2 Å². The van der Waals surface area contributed by atoms with Crippen molar-refractivity contribution in [2.75, 3.05) is 7.11 Å². The number of ether oxygens (including phenoxy) is 1. The lowest BCUT2D eigenvalue weighted by atomic mass is 9.92. The van der Waals surface area contributed by atoms with Crippen LogP contribution >= 0.6 is 0 Å². The van der Waals surface area contributed by atoms with Crippen LogP contribution in [0.3, 0.4) is 0 Å². The van der Waals surface area contributed by atoms with Gasteiger partial charge in [0, 0.05) is 12.6 Å². The Balaban J connectivity index is 2.28. The highest BCUT2D eigenvalue weighted by Gasteiger charge is 2.21. The van der Waals surface area contributed by atoms with Crippen LogP contribution in [0, 0.1) is 5.41 Å². The van der Waals surface area contributed by atoms with Crippen molar-refractivity contribution in [3.63, 3.8) is 0 Å². The fraction of sp³-hybridized carbons (Fsp3) is 0.333. The summed E-state index contributed by atoms with van der Waals surface area (Å²) >= 11 is 0. The van der Waals surface area contributed by atoms with Gasteiger partial charge >= 0.3 is 0 Å². The van der Waals surface area contributed by atoms with E-state index in [9.17, 15) is 0 Å². The zero-order chi connectivity index (χ0) is 15.7. The topological polar surface area (TPSA) is 39.9 Å². The van der Waals surface area contributed by atoms with Crippen molar-refractivity contribution in [2.45, 2.75) is 27.2 Å². The molecule has 0 unspecified atom stereocenters. The molecule has 0 atom stereocenters. The summed E-state index contributed by atoms with van der Waals surface area (Å²) in [4.78, 5) is 9.32. The molecule has 4 heteroatoms. The highest BCUT2D eigenvalue weighted by molar-refractivity contribution is 5.74. The average molecular weight is 295 g/mol.